The molecule has 0 aromatic heterocycles. The Morgan fingerprint density at radius 3 is 1.97 bits per heavy atom. The summed E-state index contributed by atoms with van der Waals surface area (Å²) in [4.78, 5) is 48.8. The van der Waals surface area contributed by atoms with Crippen molar-refractivity contribution in [3.8, 4) is 0 Å². The highest BCUT2D eigenvalue weighted by atomic mass is 32.2. The average Bonchev–Trinajstić information content (AvgIpc) is 2.66. The highest BCUT2D eigenvalue weighted by molar-refractivity contribution is 7.98. The second-order valence-corrected chi connectivity index (χ2v) is 8.74. The number of carbonyl (C=O) groups excluding carboxylic acids is 3. The van der Waals surface area contributed by atoms with Crippen LogP contribution < -0.4 is 21.7 Å². The van der Waals surface area contributed by atoms with Gasteiger partial charge in [-0.3, -0.25) is 14.4 Å². The molecule has 0 heterocycles. The van der Waals surface area contributed by atoms with E-state index in [1.807, 2.05) is 20.1 Å². The van der Waals surface area contributed by atoms with Gasteiger partial charge in [0.15, 0.2) is 6.04 Å². The Kier molecular flexibility index (Phi) is 13.8. The highest BCUT2D eigenvalue weighted by Gasteiger charge is 2.32. The van der Waals surface area contributed by atoms with Crippen molar-refractivity contribution in [2.45, 2.75) is 63.9 Å². The molecule has 0 rings (SSSR count). The van der Waals surface area contributed by atoms with E-state index in [-0.39, 0.29) is 18.1 Å². The zero-order valence-electron chi connectivity index (χ0n) is 17.8. The molecule has 5 atom stereocenters. The number of aliphatic carboxylic acids is 1. The maximum absolute atomic E-state index is 12.8. The quantitative estimate of drug-likeness (QED) is 0.159. The molecule has 0 aliphatic heterocycles. The Balaban J connectivity index is 5.40. The lowest BCUT2D eigenvalue weighted by molar-refractivity contribution is -0.145. The second-order valence-electron chi connectivity index (χ2n) is 7.39. The lowest BCUT2D eigenvalue weighted by Crippen LogP contribution is -2.58. The summed E-state index contributed by atoms with van der Waals surface area (Å²) in [5.41, 5.74) is 5.65. The Morgan fingerprint density at radius 2 is 1.53 bits per heavy atom. The van der Waals surface area contributed by atoms with Crippen LogP contribution >= 0.6 is 24.4 Å². The molecule has 0 aliphatic rings. The molecule has 174 valence electrons. The van der Waals surface area contributed by atoms with E-state index in [1.54, 1.807) is 0 Å². The van der Waals surface area contributed by atoms with Crippen LogP contribution in [0.1, 0.15) is 33.6 Å². The molecule has 0 aromatic carbocycles. The zero-order chi connectivity index (χ0) is 23.4. The van der Waals surface area contributed by atoms with Gasteiger partial charge in [0.25, 0.3) is 0 Å². The normalized spacial score (nSPS) is 16.1. The summed E-state index contributed by atoms with van der Waals surface area (Å²) < 4.78 is 0. The van der Waals surface area contributed by atoms with Crippen LogP contribution in [0.3, 0.4) is 0 Å². The van der Waals surface area contributed by atoms with Crippen LogP contribution in [0.5, 0.6) is 0 Å². The van der Waals surface area contributed by atoms with E-state index >= 15 is 0 Å². The lowest BCUT2D eigenvalue weighted by atomic mass is 10.0. The van der Waals surface area contributed by atoms with Crippen molar-refractivity contribution in [3.05, 3.63) is 0 Å². The number of amides is 3. The van der Waals surface area contributed by atoms with Crippen LogP contribution in [0, 0.1) is 5.92 Å². The summed E-state index contributed by atoms with van der Waals surface area (Å²) in [5, 5.41) is 26.2. The van der Waals surface area contributed by atoms with E-state index in [4.69, 9.17) is 10.8 Å². The molecule has 3 amide bonds. The zero-order valence-corrected chi connectivity index (χ0v) is 19.5. The fourth-order valence-electron chi connectivity index (χ4n) is 2.48. The van der Waals surface area contributed by atoms with Crippen molar-refractivity contribution in [1.82, 2.24) is 16.0 Å². The first-order chi connectivity index (χ1) is 13.9. The summed E-state index contributed by atoms with van der Waals surface area (Å²) in [6.07, 6.45) is 1.09. The molecule has 0 radical (unpaired) electrons. The molecule has 0 saturated heterocycles. The second kappa shape index (κ2) is 14.5. The minimum absolute atomic E-state index is 0.00715. The van der Waals surface area contributed by atoms with Gasteiger partial charge in [-0.05, 0) is 37.7 Å². The fraction of sp³-hybridized carbons (Fsp3) is 0.778. The minimum Gasteiger partial charge on any atom is -0.480 e. The number of nitrogens with one attached hydrogen (secondary N) is 3. The molecule has 0 spiro atoms. The number of hydrogen-bond acceptors (Lipinski definition) is 8. The summed E-state index contributed by atoms with van der Waals surface area (Å²) in [5.74, 6) is -2.53. The van der Waals surface area contributed by atoms with E-state index in [9.17, 15) is 24.3 Å². The number of nitrogens with two attached hydrogens (primary N) is 1. The van der Waals surface area contributed by atoms with Crippen LogP contribution in [0.15, 0.2) is 0 Å². The molecule has 0 bridgehead atoms. The van der Waals surface area contributed by atoms with Crippen molar-refractivity contribution in [3.63, 3.8) is 0 Å². The third-order valence-electron chi connectivity index (χ3n) is 4.16. The fourth-order valence-corrected chi connectivity index (χ4v) is 3.12. The van der Waals surface area contributed by atoms with Crippen molar-refractivity contribution >= 4 is 48.1 Å². The molecular weight excluding hydrogens is 432 g/mol. The molecule has 30 heavy (non-hydrogen) atoms. The van der Waals surface area contributed by atoms with Gasteiger partial charge in [0.1, 0.15) is 12.1 Å². The van der Waals surface area contributed by atoms with Crippen molar-refractivity contribution in [1.29, 1.82) is 0 Å². The highest BCUT2D eigenvalue weighted by Crippen LogP contribution is 2.08. The Hall–Kier alpha value is -1.50. The first-order valence-electron chi connectivity index (χ1n) is 9.61. The molecule has 0 saturated carbocycles. The Labute approximate surface area is 186 Å². The molecule has 0 aliphatic carbocycles. The molecule has 5 unspecified atom stereocenters. The van der Waals surface area contributed by atoms with Crippen molar-refractivity contribution in [2.24, 2.45) is 11.7 Å². The molecule has 10 nitrogen and oxygen atoms in total. The molecular formula is C18H34N4O6S2. The summed E-state index contributed by atoms with van der Waals surface area (Å²) in [6, 6.07) is -4.34. The smallest absolute Gasteiger partial charge is 0.328 e. The number of rotatable bonds is 14. The lowest BCUT2D eigenvalue weighted by Gasteiger charge is -2.26. The number of thiol groups is 1. The third-order valence-corrected chi connectivity index (χ3v) is 5.20. The topological polar surface area (TPSA) is 171 Å². The SMILES string of the molecule is CSCCC(NC(=O)C(N)CS)C(=O)NC(CC(C)C)C(=O)NC(C(=O)O)C(C)O. The van der Waals surface area contributed by atoms with Gasteiger partial charge in [-0.2, -0.15) is 24.4 Å². The van der Waals surface area contributed by atoms with Crippen LogP contribution in [-0.2, 0) is 19.2 Å². The molecule has 7 N–H and O–H groups in total. The van der Waals surface area contributed by atoms with Crippen molar-refractivity contribution in [2.75, 3.05) is 17.8 Å². The van der Waals surface area contributed by atoms with E-state index < -0.39 is 54.0 Å². The number of carboxylic acid groups (broad SMARTS) is 1. The van der Waals surface area contributed by atoms with Gasteiger partial charge in [0.05, 0.1) is 12.1 Å². The van der Waals surface area contributed by atoms with Gasteiger partial charge in [-0.1, -0.05) is 13.8 Å². The van der Waals surface area contributed by atoms with E-state index in [0.717, 1.165) is 0 Å². The third kappa shape index (κ3) is 10.5. The largest absolute Gasteiger partial charge is 0.480 e. The predicted octanol–water partition coefficient (Wildman–Crippen LogP) is -1.04. The Morgan fingerprint density at radius 1 is 1.00 bits per heavy atom. The summed E-state index contributed by atoms with van der Waals surface area (Å²) in [6.45, 7) is 4.93. The monoisotopic (exact) mass is 466 g/mol. The number of aliphatic hydroxyl groups excluding tert-OH is 1. The van der Waals surface area contributed by atoms with Gasteiger partial charge < -0.3 is 31.9 Å². The predicted molar refractivity (Wildman–Crippen MR) is 119 cm³/mol. The van der Waals surface area contributed by atoms with E-state index in [0.29, 0.717) is 12.2 Å². The Bertz CT molecular complexity index is 591. The standard InChI is InChI=1S/C18H34N4O6S2/c1-9(2)7-13(17(26)22-14(10(3)23)18(27)28)21-16(25)12(5-6-30-4)20-15(24)11(19)8-29/h9-14,23,29H,5-8,19H2,1-4H3,(H,20,24)(H,21,25)(H,22,26)(H,27,28). The van der Waals surface area contributed by atoms with Crippen LogP contribution in [-0.4, -0.2) is 81.9 Å². The van der Waals surface area contributed by atoms with Crippen LogP contribution in [0.2, 0.25) is 0 Å². The van der Waals surface area contributed by atoms with Crippen LogP contribution in [0.25, 0.3) is 0 Å². The minimum atomic E-state index is -1.51. The number of carbonyl (C=O) groups is 4. The molecule has 0 aromatic rings. The van der Waals surface area contributed by atoms with Gasteiger partial charge in [-0.15, -0.1) is 0 Å². The maximum atomic E-state index is 12.8. The number of carboxylic acids is 1. The summed E-state index contributed by atoms with van der Waals surface area (Å²) in [7, 11) is 0. The first-order valence-corrected chi connectivity index (χ1v) is 11.6. The maximum Gasteiger partial charge on any atom is 0.328 e. The van der Waals surface area contributed by atoms with Crippen LogP contribution in [0.4, 0.5) is 0 Å². The average molecular weight is 467 g/mol. The number of aliphatic hydroxyl groups is 1. The molecule has 12 heteroatoms. The van der Waals surface area contributed by atoms with E-state index in [2.05, 4.69) is 28.6 Å². The van der Waals surface area contributed by atoms with Gasteiger partial charge in [0.2, 0.25) is 17.7 Å². The van der Waals surface area contributed by atoms with Gasteiger partial charge in [-0.25, -0.2) is 4.79 Å². The summed E-state index contributed by atoms with van der Waals surface area (Å²) >= 11 is 5.46. The number of thioether (sulfide) groups is 1. The van der Waals surface area contributed by atoms with E-state index in [1.165, 1.54) is 18.7 Å². The first kappa shape index (κ1) is 28.5. The molecule has 0 fully saturated rings. The van der Waals surface area contributed by atoms with Gasteiger partial charge in [0, 0.05) is 5.75 Å². The van der Waals surface area contributed by atoms with Crippen molar-refractivity contribution < 1.29 is 29.4 Å². The van der Waals surface area contributed by atoms with Gasteiger partial charge >= 0.3 is 5.97 Å². The number of hydrogen-bond donors (Lipinski definition) is 7.